The number of nitrogens with one attached hydrogen (secondary N) is 1. The van der Waals surface area contributed by atoms with Crippen LogP contribution in [0.3, 0.4) is 0 Å². The van der Waals surface area contributed by atoms with Crippen molar-refractivity contribution in [3.63, 3.8) is 0 Å². The fraction of sp³-hybridized carbons (Fsp3) is 0.133. The number of nitrogens with zero attached hydrogens (tertiary/aromatic N) is 1. The van der Waals surface area contributed by atoms with Crippen LogP contribution in [0.1, 0.15) is 24.1 Å². The summed E-state index contributed by atoms with van der Waals surface area (Å²) in [6, 6.07) is 14.1. The standard InChI is InChI=1S/C15H12BrFN2/c1-10(12-3-2-4-13(16)8-12)19-15-6-5-11(9-18)7-14(15)17/h2-8,10,19H,1H3. The van der Waals surface area contributed by atoms with E-state index in [0.29, 0.717) is 11.3 Å². The van der Waals surface area contributed by atoms with E-state index in [1.807, 2.05) is 37.3 Å². The smallest absolute Gasteiger partial charge is 0.147 e. The number of halogens is 2. The van der Waals surface area contributed by atoms with Crippen molar-refractivity contribution in [3.05, 3.63) is 63.9 Å². The lowest BCUT2D eigenvalue weighted by molar-refractivity contribution is 0.627. The van der Waals surface area contributed by atoms with Crippen LogP contribution < -0.4 is 5.32 Å². The van der Waals surface area contributed by atoms with E-state index < -0.39 is 5.82 Å². The van der Waals surface area contributed by atoms with E-state index in [0.717, 1.165) is 10.0 Å². The molecule has 1 unspecified atom stereocenters. The van der Waals surface area contributed by atoms with Gasteiger partial charge in [-0.2, -0.15) is 5.26 Å². The molecule has 0 saturated carbocycles. The van der Waals surface area contributed by atoms with E-state index in [1.165, 1.54) is 6.07 Å². The van der Waals surface area contributed by atoms with Gasteiger partial charge in [-0.1, -0.05) is 28.1 Å². The van der Waals surface area contributed by atoms with E-state index in [1.54, 1.807) is 12.1 Å². The molecule has 1 atom stereocenters. The molecule has 0 fully saturated rings. The molecule has 0 spiro atoms. The number of rotatable bonds is 3. The van der Waals surface area contributed by atoms with Crippen LogP contribution in [-0.4, -0.2) is 0 Å². The maximum absolute atomic E-state index is 13.8. The molecule has 0 aliphatic carbocycles. The molecule has 2 aromatic carbocycles. The quantitative estimate of drug-likeness (QED) is 0.895. The van der Waals surface area contributed by atoms with Gasteiger partial charge in [0, 0.05) is 10.5 Å². The summed E-state index contributed by atoms with van der Waals surface area (Å²) in [4.78, 5) is 0. The average molecular weight is 319 g/mol. The minimum Gasteiger partial charge on any atom is -0.376 e. The third-order valence-corrected chi connectivity index (χ3v) is 3.31. The maximum atomic E-state index is 13.8. The maximum Gasteiger partial charge on any atom is 0.147 e. The van der Waals surface area contributed by atoms with E-state index in [2.05, 4.69) is 21.2 Å². The molecular formula is C15H12BrFN2. The molecule has 0 saturated heterocycles. The van der Waals surface area contributed by atoms with Gasteiger partial charge in [0.1, 0.15) is 5.82 Å². The van der Waals surface area contributed by atoms with E-state index in [4.69, 9.17) is 5.26 Å². The monoisotopic (exact) mass is 318 g/mol. The van der Waals surface area contributed by atoms with Gasteiger partial charge in [-0.3, -0.25) is 0 Å². The Balaban J connectivity index is 2.20. The van der Waals surface area contributed by atoms with Crippen LogP contribution in [0.2, 0.25) is 0 Å². The van der Waals surface area contributed by atoms with Gasteiger partial charge in [0.15, 0.2) is 0 Å². The van der Waals surface area contributed by atoms with Crippen LogP contribution in [0.15, 0.2) is 46.9 Å². The first-order chi connectivity index (χ1) is 9.10. The Hall–Kier alpha value is -1.86. The molecule has 0 aliphatic heterocycles. The van der Waals surface area contributed by atoms with Crippen molar-refractivity contribution in [1.82, 2.24) is 0 Å². The Morgan fingerprint density at radius 2 is 2.05 bits per heavy atom. The summed E-state index contributed by atoms with van der Waals surface area (Å²) in [7, 11) is 0. The molecule has 0 amide bonds. The van der Waals surface area contributed by atoms with Gasteiger partial charge in [-0.15, -0.1) is 0 Å². The summed E-state index contributed by atoms with van der Waals surface area (Å²) in [6.07, 6.45) is 0. The molecule has 19 heavy (non-hydrogen) atoms. The second kappa shape index (κ2) is 5.85. The molecule has 0 radical (unpaired) electrons. The van der Waals surface area contributed by atoms with Crippen LogP contribution in [0.4, 0.5) is 10.1 Å². The van der Waals surface area contributed by atoms with Gasteiger partial charge < -0.3 is 5.32 Å². The Morgan fingerprint density at radius 1 is 1.26 bits per heavy atom. The summed E-state index contributed by atoms with van der Waals surface area (Å²) in [5.74, 6) is -0.416. The number of benzene rings is 2. The van der Waals surface area contributed by atoms with Gasteiger partial charge in [-0.05, 0) is 42.8 Å². The normalized spacial score (nSPS) is 11.7. The zero-order valence-corrected chi connectivity index (χ0v) is 11.9. The highest BCUT2D eigenvalue weighted by molar-refractivity contribution is 9.10. The molecule has 2 aromatic rings. The molecule has 0 aliphatic rings. The van der Waals surface area contributed by atoms with E-state index in [-0.39, 0.29) is 6.04 Å². The number of hydrogen-bond donors (Lipinski definition) is 1. The van der Waals surface area contributed by atoms with E-state index >= 15 is 0 Å². The van der Waals surface area contributed by atoms with Gasteiger partial charge in [0.2, 0.25) is 0 Å². The molecule has 0 bridgehead atoms. The zero-order valence-electron chi connectivity index (χ0n) is 10.3. The molecule has 0 heterocycles. The molecular weight excluding hydrogens is 307 g/mol. The van der Waals surface area contributed by atoms with Crippen molar-refractivity contribution >= 4 is 21.6 Å². The van der Waals surface area contributed by atoms with Crippen molar-refractivity contribution in [2.75, 3.05) is 5.32 Å². The van der Waals surface area contributed by atoms with Crippen molar-refractivity contribution in [2.24, 2.45) is 0 Å². The first-order valence-electron chi connectivity index (χ1n) is 5.82. The lowest BCUT2D eigenvalue weighted by Gasteiger charge is -2.16. The van der Waals surface area contributed by atoms with Crippen LogP contribution in [0, 0.1) is 17.1 Å². The topological polar surface area (TPSA) is 35.8 Å². The fourth-order valence-electron chi connectivity index (χ4n) is 1.79. The predicted octanol–water partition coefficient (Wildman–Crippen LogP) is 4.63. The third kappa shape index (κ3) is 3.33. The first-order valence-corrected chi connectivity index (χ1v) is 6.61. The van der Waals surface area contributed by atoms with Crippen LogP contribution in [0.5, 0.6) is 0 Å². The largest absolute Gasteiger partial charge is 0.376 e. The van der Waals surface area contributed by atoms with Crippen molar-refractivity contribution in [1.29, 1.82) is 5.26 Å². The number of hydrogen-bond acceptors (Lipinski definition) is 2. The summed E-state index contributed by atoms with van der Waals surface area (Å²) in [5, 5.41) is 11.8. The highest BCUT2D eigenvalue weighted by Gasteiger charge is 2.09. The van der Waals surface area contributed by atoms with E-state index in [9.17, 15) is 4.39 Å². The lowest BCUT2D eigenvalue weighted by atomic mass is 10.1. The summed E-state index contributed by atoms with van der Waals surface area (Å²) in [5.41, 5.74) is 1.77. The van der Waals surface area contributed by atoms with Crippen molar-refractivity contribution < 1.29 is 4.39 Å². The second-order valence-corrected chi connectivity index (χ2v) is 5.14. The summed E-state index contributed by atoms with van der Waals surface area (Å²) >= 11 is 3.41. The fourth-order valence-corrected chi connectivity index (χ4v) is 2.21. The molecule has 2 nitrogen and oxygen atoms in total. The Bertz CT molecular complexity index is 634. The van der Waals surface area contributed by atoms with Crippen LogP contribution in [-0.2, 0) is 0 Å². The van der Waals surface area contributed by atoms with Gasteiger partial charge >= 0.3 is 0 Å². The Labute approximate surface area is 120 Å². The summed E-state index contributed by atoms with van der Waals surface area (Å²) < 4.78 is 14.8. The molecule has 1 N–H and O–H groups in total. The minimum absolute atomic E-state index is 0.0278. The number of anilines is 1. The SMILES string of the molecule is CC(Nc1ccc(C#N)cc1F)c1cccc(Br)c1. The van der Waals surface area contributed by atoms with Crippen molar-refractivity contribution in [3.8, 4) is 6.07 Å². The Morgan fingerprint density at radius 3 is 2.68 bits per heavy atom. The lowest BCUT2D eigenvalue weighted by Crippen LogP contribution is -2.08. The zero-order chi connectivity index (χ0) is 13.8. The summed E-state index contributed by atoms with van der Waals surface area (Å²) in [6.45, 7) is 1.96. The average Bonchev–Trinajstić information content (AvgIpc) is 2.41. The molecule has 0 aromatic heterocycles. The highest BCUT2D eigenvalue weighted by atomic mass is 79.9. The molecule has 4 heteroatoms. The minimum atomic E-state index is -0.416. The van der Waals surface area contributed by atoms with Crippen LogP contribution >= 0.6 is 15.9 Å². The third-order valence-electron chi connectivity index (χ3n) is 2.82. The Kier molecular flexibility index (Phi) is 4.18. The number of nitriles is 1. The first kappa shape index (κ1) is 13.6. The van der Waals surface area contributed by atoms with Gasteiger partial charge in [-0.25, -0.2) is 4.39 Å². The highest BCUT2D eigenvalue weighted by Crippen LogP contribution is 2.24. The second-order valence-electron chi connectivity index (χ2n) is 4.23. The van der Waals surface area contributed by atoms with Crippen LogP contribution in [0.25, 0.3) is 0 Å². The van der Waals surface area contributed by atoms with Gasteiger partial charge in [0.25, 0.3) is 0 Å². The van der Waals surface area contributed by atoms with Crippen molar-refractivity contribution in [2.45, 2.75) is 13.0 Å². The molecule has 96 valence electrons. The van der Waals surface area contributed by atoms with Gasteiger partial charge in [0.05, 0.1) is 17.3 Å². The predicted molar refractivity (Wildman–Crippen MR) is 77.3 cm³/mol. The molecule has 2 rings (SSSR count).